The van der Waals surface area contributed by atoms with Gasteiger partial charge in [0.2, 0.25) is 8.32 Å². The molecule has 0 aliphatic carbocycles. The lowest BCUT2D eigenvalue weighted by Crippen LogP contribution is -2.52. The van der Waals surface area contributed by atoms with Crippen LogP contribution in [0.1, 0.15) is 13.3 Å². The maximum Gasteiger partial charge on any atom is 0.336 e. The highest BCUT2D eigenvalue weighted by Crippen LogP contribution is 2.22. The van der Waals surface area contributed by atoms with E-state index >= 15 is 0 Å². The fraction of sp³-hybridized carbons (Fsp3) is 0.444. The van der Waals surface area contributed by atoms with Crippen LogP contribution in [0, 0.1) is 0 Å². The average molecular weight is 381 g/mol. The molecule has 0 saturated heterocycles. The molecule has 0 bridgehead atoms. The molecule has 0 radical (unpaired) electrons. The van der Waals surface area contributed by atoms with Gasteiger partial charge in [0, 0.05) is 12.2 Å². The van der Waals surface area contributed by atoms with Gasteiger partial charge in [-0.25, -0.2) is 9.59 Å². The maximum absolute atomic E-state index is 12.0. The zero-order valence-corrected chi connectivity index (χ0v) is 17.9. The number of hydrogen-bond acceptors (Lipinski definition) is 5. The minimum absolute atomic E-state index is 0.262. The Balaban J connectivity index is 2.62. The van der Waals surface area contributed by atoms with Crippen molar-refractivity contribution in [1.29, 1.82) is 0 Å². The van der Waals surface area contributed by atoms with Crippen molar-refractivity contribution in [3.05, 3.63) is 42.5 Å². The van der Waals surface area contributed by atoms with Crippen molar-refractivity contribution in [3.63, 3.8) is 0 Å². The monoisotopic (exact) mass is 380 g/mol. The SMILES string of the molecule is CCC(OC(=O)C=CC(=O)Oc1ccccc1)[Si](C)(C)O[Si](C)(C)C. The Morgan fingerprint density at radius 1 is 1.00 bits per heavy atom. The molecule has 0 aliphatic heterocycles. The van der Waals surface area contributed by atoms with E-state index in [0.29, 0.717) is 12.2 Å². The fourth-order valence-electron chi connectivity index (χ4n) is 2.53. The van der Waals surface area contributed by atoms with Crippen LogP contribution in [0.5, 0.6) is 5.75 Å². The molecule has 7 heteroatoms. The highest BCUT2D eigenvalue weighted by atomic mass is 28.4. The first-order valence-electron chi connectivity index (χ1n) is 8.39. The van der Waals surface area contributed by atoms with Crippen LogP contribution in [0.3, 0.4) is 0 Å². The van der Waals surface area contributed by atoms with Gasteiger partial charge in [0.1, 0.15) is 11.5 Å². The van der Waals surface area contributed by atoms with E-state index in [1.807, 2.05) is 13.0 Å². The van der Waals surface area contributed by atoms with Gasteiger partial charge < -0.3 is 13.6 Å². The van der Waals surface area contributed by atoms with Crippen molar-refractivity contribution in [2.75, 3.05) is 0 Å². The fourth-order valence-corrected chi connectivity index (χ4v) is 10.7. The summed E-state index contributed by atoms with van der Waals surface area (Å²) in [4.78, 5) is 23.8. The second-order valence-corrected chi connectivity index (χ2v) is 16.1. The van der Waals surface area contributed by atoms with Crippen LogP contribution in [0.2, 0.25) is 32.7 Å². The number of carbonyl (C=O) groups is 2. The summed E-state index contributed by atoms with van der Waals surface area (Å²) in [5, 5.41) is 0. The summed E-state index contributed by atoms with van der Waals surface area (Å²) in [6.07, 6.45) is 2.86. The summed E-state index contributed by atoms with van der Waals surface area (Å²) in [5.41, 5.74) is -0.262. The van der Waals surface area contributed by atoms with Crippen molar-refractivity contribution in [2.24, 2.45) is 0 Å². The largest absolute Gasteiger partial charge is 0.460 e. The number of rotatable bonds is 8. The van der Waals surface area contributed by atoms with Crippen LogP contribution in [-0.4, -0.2) is 34.3 Å². The van der Waals surface area contributed by atoms with Crippen LogP contribution in [-0.2, 0) is 18.4 Å². The van der Waals surface area contributed by atoms with Crippen molar-refractivity contribution >= 4 is 28.6 Å². The number of hydrogen-bond donors (Lipinski definition) is 0. The lowest BCUT2D eigenvalue weighted by Gasteiger charge is -2.36. The molecular formula is C18H28O5Si2. The maximum atomic E-state index is 12.0. The van der Waals surface area contributed by atoms with Gasteiger partial charge in [-0.2, -0.15) is 0 Å². The summed E-state index contributed by atoms with van der Waals surface area (Å²) < 4.78 is 16.9. The van der Waals surface area contributed by atoms with E-state index < -0.39 is 28.6 Å². The highest BCUT2D eigenvalue weighted by Gasteiger charge is 2.39. The van der Waals surface area contributed by atoms with Crippen molar-refractivity contribution in [3.8, 4) is 5.75 Å². The quantitative estimate of drug-likeness (QED) is 0.294. The molecule has 0 N–H and O–H groups in total. The summed E-state index contributed by atoms with van der Waals surface area (Å²) in [6.45, 7) is 12.4. The third-order valence-electron chi connectivity index (χ3n) is 3.29. The predicted molar refractivity (Wildman–Crippen MR) is 103 cm³/mol. The minimum atomic E-state index is -2.18. The number of carbonyl (C=O) groups excluding carboxylic acids is 2. The van der Waals surface area contributed by atoms with E-state index in [-0.39, 0.29) is 5.73 Å². The van der Waals surface area contributed by atoms with E-state index in [0.717, 1.165) is 12.2 Å². The molecule has 5 nitrogen and oxygen atoms in total. The van der Waals surface area contributed by atoms with Gasteiger partial charge in [0.05, 0.1) is 0 Å². The molecular weight excluding hydrogens is 352 g/mol. The van der Waals surface area contributed by atoms with Gasteiger partial charge in [-0.15, -0.1) is 0 Å². The third kappa shape index (κ3) is 8.28. The van der Waals surface area contributed by atoms with Gasteiger partial charge in [0.15, 0.2) is 8.32 Å². The van der Waals surface area contributed by atoms with E-state index in [4.69, 9.17) is 13.6 Å². The molecule has 0 saturated carbocycles. The summed E-state index contributed by atoms with van der Waals surface area (Å²) in [5.74, 6) is -0.753. The smallest absolute Gasteiger partial charge is 0.336 e. The molecule has 1 aromatic rings. The molecule has 0 aromatic heterocycles. The first kappa shape index (κ1) is 21.3. The van der Waals surface area contributed by atoms with Crippen LogP contribution in [0.4, 0.5) is 0 Å². The molecule has 25 heavy (non-hydrogen) atoms. The standard InChI is InChI=1S/C18H28O5Si2/c1-7-18(25(5,6)23-24(2,3)4)22-17(20)14-13-16(19)21-15-11-9-8-10-12-15/h8-14,18H,7H2,1-6H3. The molecule has 0 fully saturated rings. The second kappa shape index (κ2) is 9.12. The van der Waals surface area contributed by atoms with Gasteiger partial charge in [-0.05, 0) is 51.3 Å². The lowest BCUT2D eigenvalue weighted by atomic mass is 10.3. The molecule has 1 atom stereocenters. The van der Waals surface area contributed by atoms with E-state index in [2.05, 4.69) is 32.7 Å². The second-order valence-electron chi connectivity index (χ2n) is 7.22. The predicted octanol–water partition coefficient (Wildman–Crippen LogP) is 4.07. The number of benzene rings is 1. The topological polar surface area (TPSA) is 61.8 Å². The molecule has 1 rings (SSSR count). The Morgan fingerprint density at radius 3 is 2.08 bits per heavy atom. The third-order valence-corrected chi connectivity index (χ3v) is 9.92. The average Bonchev–Trinajstić information content (AvgIpc) is 2.49. The summed E-state index contributed by atoms with van der Waals surface area (Å²) in [6, 6.07) is 8.68. The van der Waals surface area contributed by atoms with Gasteiger partial charge in [-0.1, -0.05) is 25.1 Å². The Morgan fingerprint density at radius 2 is 1.56 bits per heavy atom. The zero-order valence-electron chi connectivity index (χ0n) is 15.9. The van der Waals surface area contributed by atoms with Crippen LogP contribution < -0.4 is 4.74 Å². The Bertz CT molecular complexity index is 606. The van der Waals surface area contributed by atoms with Crippen LogP contribution in [0.25, 0.3) is 0 Å². The van der Waals surface area contributed by atoms with Crippen molar-refractivity contribution in [1.82, 2.24) is 0 Å². The molecule has 0 heterocycles. The highest BCUT2D eigenvalue weighted by molar-refractivity contribution is 6.84. The number of para-hydroxylation sites is 1. The summed E-state index contributed by atoms with van der Waals surface area (Å²) in [7, 11) is -3.90. The van der Waals surface area contributed by atoms with E-state index in [1.54, 1.807) is 24.3 Å². The Kier molecular flexibility index (Phi) is 7.78. The minimum Gasteiger partial charge on any atom is -0.460 e. The van der Waals surface area contributed by atoms with Crippen LogP contribution >= 0.6 is 0 Å². The van der Waals surface area contributed by atoms with E-state index in [9.17, 15) is 9.59 Å². The molecule has 1 unspecified atom stereocenters. The van der Waals surface area contributed by atoms with E-state index in [1.165, 1.54) is 0 Å². The molecule has 1 aromatic carbocycles. The van der Waals surface area contributed by atoms with Crippen molar-refractivity contribution in [2.45, 2.75) is 51.8 Å². The number of ether oxygens (including phenoxy) is 2. The van der Waals surface area contributed by atoms with Crippen LogP contribution in [0.15, 0.2) is 42.5 Å². The Labute approximate surface area is 152 Å². The zero-order chi connectivity index (χ0) is 19.1. The normalized spacial score (nSPS) is 13.5. The molecule has 0 amide bonds. The molecule has 0 spiro atoms. The van der Waals surface area contributed by atoms with Crippen molar-refractivity contribution < 1.29 is 23.2 Å². The first-order valence-corrected chi connectivity index (χ1v) is 14.8. The number of esters is 2. The van der Waals surface area contributed by atoms with Gasteiger partial charge in [-0.3, -0.25) is 0 Å². The van der Waals surface area contributed by atoms with Gasteiger partial charge in [0.25, 0.3) is 0 Å². The Hall–Kier alpha value is -1.71. The molecule has 0 aliphatic rings. The molecule has 138 valence electrons. The van der Waals surface area contributed by atoms with Gasteiger partial charge >= 0.3 is 11.9 Å². The first-order chi connectivity index (χ1) is 11.5. The summed E-state index contributed by atoms with van der Waals surface area (Å²) >= 11 is 0. The lowest BCUT2D eigenvalue weighted by molar-refractivity contribution is -0.141.